The Hall–Kier alpha value is -2.48. The van der Waals surface area contributed by atoms with Crippen molar-refractivity contribution in [3.8, 4) is 5.75 Å². The number of carbonyl (C=O) groups excluding carboxylic acids is 3. The standard InChI is InChI=1S/C19H25ClN4O4/c1-12-11-23(16(25)4-5-19(2)17(26)21-18(27)22-19)6-7-24(12)14-8-13(20)9-15(10-14)28-3/h8-10,12H,4-7,11H2,1-3H3,(H2,21,22,26,27)/t12-,19+/m0/s1. The summed E-state index contributed by atoms with van der Waals surface area (Å²) in [7, 11) is 1.60. The minimum Gasteiger partial charge on any atom is -0.497 e. The maximum atomic E-state index is 12.7. The van der Waals surface area contributed by atoms with Crippen molar-refractivity contribution in [2.75, 3.05) is 31.6 Å². The number of urea groups is 1. The van der Waals surface area contributed by atoms with E-state index in [0.717, 1.165) is 5.69 Å². The predicted molar refractivity (Wildman–Crippen MR) is 106 cm³/mol. The van der Waals surface area contributed by atoms with Gasteiger partial charge >= 0.3 is 6.03 Å². The number of benzene rings is 1. The molecule has 0 saturated carbocycles. The second-order valence-electron chi connectivity index (χ2n) is 7.47. The molecule has 8 nitrogen and oxygen atoms in total. The Kier molecular flexibility index (Phi) is 5.69. The number of rotatable bonds is 5. The number of hydrogen-bond acceptors (Lipinski definition) is 5. The molecule has 0 radical (unpaired) electrons. The second-order valence-corrected chi connectivity index (χ2v) is 7.91. The number of amides is 4. The van der Waals surface area contributed by atoms with Gasteiger partial charge in [-0.25, -0.2) is 4.79 Å². The van der Waals surface area contributed by atoms with Gasteiger partial charge in [-0.1, -0.05) is 11.6 Å². The van der Waals surface area contributed by atoms with Gasteiger partial charge in [-0.2, -0.15) is 0 Å². The van der Waals surface area contributed by atoms with Crippen LogP contribution >= 0.6 is 11.6 Å². The van der Waals surface area contributed by atoms with Crippen LogP contribution in [0, 0.1) is 0 Å². The molecule has 2 N–H and O–H groups in total. The van der Waals surface area contributed by atoms with Crippen LogP contribution in [-0.4, -0.2) is 61.1 Å². The van der Waals surface area contributed by atoms with Gasteiger partial charge in [-0.05, 0) is 32.4 Å². The Bertz CT molecular complexity index is 802. The van der Waals surface area contributed by atoms with E-state index in [4.69, 9.17) is 16.3 Å². The van der Waals surface area contributed by atoms with E-state index in [1.807, 2.05) is 12.1 Å². The van der Waals surface area contributed by atoms with Crippen LogP contribution < -0.4 is 20.3 Å². The first-order valence-electron chi connectivity index (χ1n) is 9.24. The molecular formula is C19H25ClN4O4. The summed E-state index contributed by atoms with van der Waals surface area (Å²) in [6.07, 6.45) is 0.464. The molecule has 2 atom stereocenters. The lowest BCUT2D eigenvalue weighted by atomic mass is 9.95. The molecule has 28 heavy (non-hydrogen) atoms. The highest BCUT2D eigenvalue weighted by Gasteiger charge is 2.42. The van der Waals surface area contributed by atoms with Crippen LogP contribution in [-0.2, 0) is 9.59 Å². The van der Waals surface area contributed by atoms with Gasteiger partial charge in [0.15, 0.2) is 0 Å². The van der Waals surface area contributed by atoms with Crippen LogP contribution in [0.25, 0.3) is 0 Å². The molecule has 0 spiro atoms. The van der Waals surface area contributed by atoms with Gasteiger partial charge in [0, 0.05) is 48.9 Å². The summed E-state index contributed by atoms with van der Waals surface area (Å²) in [5.41, 5.74) is -0.0702. The molecule has 1 aromatic rings. The van der Waals surface area contributed by atoms with Gasteiger partial charge in [0.2, 0.25) is 5.91 Å². The molecule has 2 aliphatic rings. The highest BCUT2D eigenvalue weighted by molar-refractivity contribution is 6.31. The molecule has 3 rings (SSSR count). The van der Waals surface area contributed by atoms with Crippen LogP contribution in [0.15, 0.2) is 18.2 Å². The number of imide groups is 1. The SMILES string of the molecule is COc1cc(Cl)cc(N2CCN(C(=O)CC[C@@]3(C)NC(=O)NC3=O)C[C@@H]2C)c1. The lowest BCUT2D eigenvalue weighted by molar-refractivity contribution is -0.132. The van der Waals surface area contributed by atoms with Crippen LogP contribution in [0.1, 0.15) is 26.7 Å². The van der Waals surface area contributed by atoms with E-state index in [1.165, 1.54) is 0 Å². The fourth-order valence-corrected chi connectivity index (χ4v) is 3.89. The van der Waals surface area contributed by atoms with E-state index < -0.39 is 17.5 Å². The lowest BCUT2D eigenvalue weighted by Gasteiger charge is -2.41. The average molecular weight is 409 g/mol. The first kappa shape index (κ1) is 20.3. The third-order valence-electron chi connectivity index (χ3n) is 5.36. The minimum absolute atomic E-state index is 0.0228. The molecular weight excluding hydrogens is 384 g/mol. The average Bonchev–Trinajstić information content (AvgIpc) is 2.91. The summed E-state index contributed by atoms with van der Waals surface area (Å²) < 4.78 is 5.29. The number of nitrogens with zero attached hydrogens (tertiary/aromatic N) is 2. The quantitative estimate of drug-likeness (QED) is 0.724. The molecule has 0 bridgehead atoms. The van der Waals surface area contributed by atoms with Crippen LogP contribution in [0.2, 0.25) is 5.02 Å². The molecule has 9 heteroatoms. The largest absolute Gasteiger partial charge is 0.497 e. The minimum atomic E-state index is -1.03. The highest BCUT2D eigenvalue weighted by Crippen LogP contribution is 2.29. The topological polar surface area (TPSA) is 91.0 Å². The van der Waals surface area contributed by atoms with Gasteiger partial charge in [0.1, 0.15) is 11.3 Å². The van der Waals surface area contributed by atoms with Gasteiger partial charge in [0.25, 0.3) is 5.91 Å². The van der Waals surface area contributed by atoms with E-state index >= 15 is 0 Å². The van der Waals surface area contributed by atoms with E-state index in [1.54, 1.807) is 25.0 Å². The van der Waals surface area contributed by atoms with Crippen molar-refractivity contribution in [1.82, 2.24) is 15.5 Å². The van der Waals surface area contributed by atoms with Crippen LogP contribution in [0.4, 0.5) is 10.5 Å². The number of nitrogens with one attached hydrogen (secondary N) is 2. The maximum Gasteiger partial charge on any atom is 0.322 e. The van der Waals surface area contributed by atoms with E-state index in [-0.39, 0.29) is 24.8 Å². The third kappa shape index (κ3) is 4.16. The number of halogens is 1. The van der Waals surface area contributed by atoms with Gasteiger partial charge in [-0.3, -0.25) is 14.9 Å². The first-order valence-corrected chi connectivity index (χ1v) is 9.62. The zero-order valence-corrected chi connectivity index (χ0v) is 17.0. The Morgan fingerprint density at radius 3 is 2.68 bits per heavy atom. The first-order chi connectivity index (χ1) is 13.2. The molecule has 4 amide bonds. The number of piperazine rings is 1. The summed E-state index contributed by atoms with van der Waals surface area (Å²) >= 11 is 6.18. The number of ether oxygens (including phenoxy) is 1. The smallest absolute Gasteiger partial charge is 0.322 e. The van der Waals surface area contributed by atoms with Crippen molar-refractivity contribution < 1.29 is 19.1 Å². The molecule has 152 valence electrons. The van der Waals surface area contributed by atoms with Crippen molar-refractivity contribution in [3.63, 3.8) is 0 Å². The summed E-state index contributed by atoms with van der Waals surface area (Å²) in [5, 5.41) is 5.40. The van der Waals surface area contributed by atoms with Crippen LogP contribution in [0.5, 0.6) is 5.75 Å². The van der Waals surface area contributed by atoms with Gasteiger partial charge in [0.05, 0.1) is 7.11 Å². The maximum absolute atomic E-state index is 12.7. The summed E-state index contributed by atoms with van der Waals surface area (Å²) in [5.74, 6) is 0.280. The molecule has 0 aromatic heterocycles. The predicted octanol–water partition coefficient (Wildman–Crippen LogP) is 1.76. The second kappa shape index (κ2) is 7.87. The van der Waals surface area contributed by atoms with E-state index in [9.17, 15) is 14.4 Å². The number of methoxy groups -OCH3 is 1. The zero-order chi connectivity index (χ0) is 20.5. The molecule has 1 aromatic carbocycles. The summed E-state index contributed by atoms with van der Waals surface area (Å²) in [6, 6.07) is 5.17. The fraction of sp³-hybridized carbons (Fsp3) is 0.526. The fourth-order valence-electron chi connectivity index (χ4n) is 3.67. The molecule has 0 unspecified atom stereocenters. The number of carbonyl (C=O) groups is 3. The molecule has 2 saturated heterocycles. The Balaban J connectivity index is 1.59. The Morgan fingerprint density at radius 1 is 1.32 bits per heavy atom. The Labute approximate surface area is 169 Å². The van der Waals surface area contributed by atoms with Crippen molar-refractivity contribution in [3.05, 3.63) is 23.2 Å². The molecule has 2 heterocycles. The Morgan fingerprint density at radius 2 is 2.07 bits per heavy atom. The van der Waals surface area contributed by atoms with E-state index in [0.29, 0.717) is 30.4 Å². The summed E-state index contributed by atoms with van der Waals surface area (Å²) in [4.78, 5) is 39.9. The molecule has 2 aliphatic heterocycles. The number of hydrogen-bond donors (Lipinski definition) is 2. The van der Waals surface area contributed by atoms with Crippen molar-refractivity contribution in [1.29, 1.82) is 0 Å². The van der Waals surface area contributed by atoms with Gasteiger partial charge < -0.3 is 19.9 Å². The van der Waals surface area contributed by atoms with Crippen molar-refractivity contribution >= 4 is 35.1 Å². The van der Waals surface area contributed by atoms with Crippen LogP contribution in [0.3, 0.4) is 0 Å². The van der Waals surface area contributed by atoms with Crippen molar-refractivity contribution in [2.24, 2.45) is 0 Å². The zero-order valence-electron chi connectivity index (χ0n) is 16.3. The number of anilines is 1. The summed E-state index contributed by atoms with van der Waals surface area (Å²) in [6.45, 7) is 5.51. The molecule has 2 fully saturated rings. The van der Waals surface area contributed by atoms with Gasteiger partial charge in [-0.15, -0.1) is 0 Å². The normalized spacial score (nSPS) is 24.8. The van der Waals surface area contributed by atoms with E-state index in [2.05, 4.69) is 22.5 Å². The third-order valence-corrected chi connectivity index (χ3v) is 5.58. The highest BCUT2D eigenvalue weighted by atomic mass is 35.5. The molecule has 0 aliphatic carbocycles. The lowest BCUT2D eigenvalue weighted by Crippen LogP contribution is -2.54. The monoisotopic (exact) mass is 408 g/mol. The van der Waals surface area contributed by atoms with Crippen molar-refractivity contribution in [2.45, 2.75) is 38.3 Å².